The van der Waals surface area contributed by atoms with Crippen LogP contribution in [0.25, 0.3) is 10.2 Å². The molecule has 0 aliphatic carbocycles. The van der Waals surface area contributed by atoms with Gasteiger partial charge in [0.1, 0.15) is 0 Å². The van der Waals surface area contributed by atoms with E-state index in [0.29, 0.717) is 6.54 Å². The number of aryl methyl sites for hydroxylation is 4. The molecule has 166 valence electrons. The zero-order valence-electron chi connectivity index (χ0n) is 18.6. The van der Waals surface area contributed by atoms with Gasteiger partial charge in [0.15, 0.2) is 5.13 Å². The number of rotatable bonds is 5. The summed E-state index contributed by atoms with van der Waals surface area (Å²) in [4.78, 5) is 22.8. The third kappa shape index (κ3) is 5.09. The van der Waals surface area contributed by atoms with Crippen LogP contribution in [0.3, 0.4) is 0 Å². The van der Waals surface area contributed by atoms with Crippen molar-refractivity contribution in [2.24, 2.45) is 0 Å². The maximum absolute atomic E-state index is 13.6. The number of anilines is 1. The van der Waals surface area contributed by atoms with Crippen LogP contribution in [0, 0.1) is 27.7 Å². The molecule has 1 aromatic heterocycles. The highest BCUT2D eigenvalue weighted by Gasteiger charge is 2.24. The molecule has 5 nitrogen and oxygen atoms in total. The van der Waals surface area contributed by atoms with Gasteiger partial charge in [-0.05, 0) is 56.5 Å². The molecule has 1 aliphatic rings. The largest absolute Gasteiger partial charge is 0.379 e. The van der Waals surface area contributed by atoms with Crippen LogP contribution in [0.15, 0.2) is 30.3 Å². The molecule has 3 aromatic rings. The van der Waals surface area contributed by atoms with Gasteiger partial charge in [-0.25, -0.2) is 4.98 Å². The van der Waals surface area contributed by atoms with Crippen molar-refractivity contribution in [1.29, 1.82) is 0 Å². The Balaban J connectivity index is 0.00000272. The summed E-state index contributed by atoms with van der Waals surface area (Å²) in [6, 6.07) is 10.3. The highest BCUT2D eigenvalue weighted by atomic mass is 35.5. The highest BCUT2D eigenvalue weighted by Crippen LogP contribution is 2.33. The number of nitrogens with zero attached hydrogens (tertiary/aromatic N) is 3. The van der Waals surface area contributed by atoms with Crippen LogP contribution >= 0.6 is 23.7 Å². The highest BCUT2D eigenvalue weighted by molar-refractivity contribution is 7.22. The average molecular weight is 460 g/mol. The Bertz CT molecular complexity index is 1080. The van der Waals surface area contributed by atoms with Crippen molar-refractivity contribution in [3.05, 3.63) is 58.1 Å². The third-order valence-electron chi connectivity index (χ3n) is 5.91. The van der Waals surface area contributed by atoms with E-state index < -0.39 is 0 Å². The van der Waals surface area contributed by atoms with Crippen molar-refractivity contribution < 1.29 is 9.53 Å². The molecular weight excluding hydrogens is 430 g/mol. The zero-order valence-corrected chi connectivity index (χ0v) is 20.2. The molecule has 4 rings (SSSR count). The molecule has 1 fully saturated rings. The maximum Gasteiger partial charge on any atom is 0.260 e. The van der Waals surface area contributed by atoms with Crippen molar-refractivity contribution in [2.45, 2.75) is 27.7 Å². The second-order valence-corrected chi connectivity index (χ2v) is 9.09. The smallest absolute Gasteiger partial charge is 0.260 e. The zero-order chi connectivity index (χ0) is 21.3. The Morgan fingerprint density at radius 1 is 1.10 bits per heavy atom. The first-order chi connectivity index (χ1) is 14.4. The summed E-state index contributed by atoms with van der Waals surface area (Å²) in [7, 11) is 0. The number of carbonyl (C=O) groups excluding carboxylic acids is 1. The van der Waals surface area contributed by atoms with Crippen molar-refractivity contribution >= 4 is 45.0 Å². The van der Waals surface area contributed by atoms with Gasteiger partial charge in [-0.3, -0.25) is 14.6 Å². The molecular formula is C24H30ClN3O2S. The molecule has 1 saturated heterocycles. The molecule has 0 bridgehead atoms. The molecule has 1 amide bonds. The molecule has 31 heavy (non-hydrogen) atoms. The van der Waals surface area contributed by atoms with Crippen LogP contribution in [0.5, 0.6) is 0 Å². The summed E-state index contributed by atoms with van der Waals surface area (Å²) >= 11 is 1.60. The molecule has 2 heterocycles. The lowest BCUT2D eigenvalue weighted by atomic mass is 10.0. The van der Waals surface area contributed by atoms with E-state index in [-0.39, 0.29) is 18.3 Å². The number of aromatic nitrogens is 1. The summed E-state index contributed by atoms with van der Waals surface area (Å²) in [6.07, 6.45) is 0. The number of fused-ring (bicyclic) bond motifs is 1. The van der Waals surface area contributed by atoms with Crippen LogP contribution < -0.4 is 4.90 Å². The molecule has 0 radical (unpaired) electrons. The monoisotopic (exact) mass is 459 g/mol. The summed E-state index contributed by atoms with van der Waals surface area (Å²) < 4.78 is 6.59. The summed E-state index contributed by atoms with van der Waals surface area (Å²) in [5.41, 5.74) is 6.32. The summed E-state index contributed by atoms with van der Waals surface area (Å²) in [5.74, 6) is 0.0224. The van der Waals surface area contributed by atoms with Crippen LogP contribution in [-0.2, 0) is 4.74 Å². The van der Waals surface area contributed by atoms with E-state index in [4.69, 9.17) is 9.72 Å². The van der Waals surface area contributed by atoms with Crippen LogP contribution in [0.4, 0.5) is 5.13 Å². The Labute approximate surface area is 194 Å². The Morgan fingerprint density at radius 2 is 1.84 bits per heavy atom. The minimum atomic E-state index is 0. The fourth-order valence-electron chi connectivity index (χ4n) is 3.88. The lowest BCUT2D eigenvalue weighted by Gasteiger charge is -2.29. The van der Waals surface area contributed by atoms with Gasteiger partial charge in [-0.1, -0.05) is 35.1 Å². The number of morpholine rings is 1. The second kappa shape index (κ2) is 10.1. The Morgan fingerprint density at radius 3 is 2.55 bits per heavy atom. The first-order valence-corrected chi connectivity index (χ1v) is 11.3. The minimum absolute atomic E-state index is 0. The molecule has 0 unspecified atom stereocenters. The molecule has 0 spiro atoms. The minimum Gasteiger partial charge on any atom is -0.379 e. The van der Waals surface area contributed by atoms with Gasteiger partial charge < -0.3 is 4.74 Å². The molecule has 7 heteroatoms. The van der Waals surface area contributed by atoms with Gasteiger partial charge in [-0.15, -0.1) is 12.4 Å². The van der Waals surface area contributed by atoms with E-state index >= 15 is 0 Å². The standard InChI is InChI=1S/C24H29N3O2S.ClH/c1-16-5-7-20(18(3)15-16)23(28)27(10-9-26-11-13-29-14-12-26)24-25-22-19(4)17(2)6-8-21(22)30-24;/h5-8,15H,9-14H2,1-4H3;1H. The second-order valence-electron chi connectivity index (χ2n) is 8.08. The molecule has 0 saturated carbocycles. The predicted octanol–water partition coefficient (Wildman–Crippen LogP) is 4.93. The van der Waals surface area contributed by atoms with Gasteiger partial charge in [0.05, 0.1) is 23.4 Å². The molecule has 0 N–H and O–H groups in total. The van der Waals surface area contributed by atoms with Crippen molar-refractivity contribution in [2.75, 3.05) is 44.3 Å². The number of thiazole rings is 1. The lowest BCUT2D eigenvalue weighted by molar-refractivity contribution is 0.0391. The van der Waals surface area contributed by atoms with E-state index in [0.717, 1.165) is 64.9 Å². The molecule has 1 aliphatic heterocycles. The van der Waals surface area contributed by atoms with Gasteiger partial charge >= 0.3 is 0 Å². The summed E-state index contributed by atoms with van der Waals surface area (Å²) in [6.45, 7) is 13.0. The number of hydrogen-bond donors (Lipinski definition) is 0. The average Bonchev–Trinajstić information content (AvgIpc) is 3.16. The van der Waals surface area contributed by atoms with E-state index in [1.165, 1.54) is 11.1 Å². The van der Waals surface area contributed by atoms with Gasteiger partial charge in [-0.2, -0.15) is 0 Å². The first kappa shape index (κ1) is 23.7. The van der Waals surface area contributed by atoms with Gasteiger partial charge in [0, 0.05) is 31.7 Å². The number of carbonyl (C=O) groups is 1. The Hall–Kier alpha value is -1.99. The third-order valence-corrected chi connectivity index (χ3v) is 6.95. The summed E-state index contributed by atoms with van der Waals surface area (Å²) in [5, 5.41) is 0.775. The molecule has 0 atom stereocenters. The molecule has 2 aromatic carbocycles. The van der Waals surface area contributed by atoms with E-state index in [2.05, 4.69) is 43.9 Å². The van der Waals surface area contributed by atoms with E-state index in [1.807, 2.05) is 24.0 Å². The van der Waals surface area contributed by atoms with Crippen molar-refractivity contribution in [1.82, 2.24) is 9.88 Å². The fraction of sp³-hybridized carbons (Fsp3) is 0.417. The topological polar surface area (TPSA) is 45.7 Å². The van der Waals surface area contributed by atoms with E-state index in [9.17, 15) is 4.79 Å². The number of ether oxygens (including phenoxy) is 1. The van der Waals surface area contributed by atoms with Crippen LogP contribution in [0.2, 0.25) is 0 Å². The maximum atomic E-state index is 13.6. The quantitative estimate of drug-likeness (QED) is 0.542. The van der Waals surface area contributed by atoms with Gasteiger partial charge in [0.25, 0.3) is 5.91 Å². The first-order valence-electron chi connectivity index (χ1n) is 10.5. The van der Waals surface area contributed by atoms with Crippen molar-refractivity contribution in [3.63, 3.8) is 0 Å². The van der Waals surface area contributed by atoms with Crippen molar-refractivity contribution in [3.8, 4) is 0 Å². The SMILES string of the molecule is Cc1ccc(C(=O)N(CCN2CCOCC2)c2nc3c(C)c(C)ccc3s2)c(C)c1.Cl. The normalized spacial score (nSPS) is 14.5. The van der Waals surface area contributed by atoms with Crippen LogP contribution in [0.1, 0.15) is 32.6 Å². The Kier molecular flexibility index (Phi) is 7.70. The lowest BCUT2D eigenvalue weighted by Crippen LogP contribution is -2.43. The number of halogens is 1. The fourth-order valence-corrected chi connectivity index (χ4v) is 4.93. The number of benzene rings is 2. The number of amides is 1. The van der Waals surface area contributed by atoms with Crippen LogP contribution in [-0.4, -0.2) is 55.2 Å². The predicted molar refractivity (Wildman–Crippen MR) is 131 cm³/mol. The number of hydrogen-bond acceptors (Lipinski definition) is 5. The van der Waals surface area contributed by atoms with E-state index in [1.54, 1.807) is 11.3 Å². The van der Waals surface area contributed by atoms with Gasteiger partial charge in [0.2, 0.25) is 0 Å².